The number of aromatic nitrogens is 2. The molecule has 1 aliphatic heterocycles. The van der Waals surface area contributed by atoms with Crippen LogP contribution in [0, 0.1) is 0 Å². The minimum Gasteiger partial charge on any atom is -0.337 e. The molecule has 114 valence electrons. The van der Waals surface area contributed by atoms with Crippen molar-refractivity contribution in [3.8, 4) is 0 Å². The summed E-state index contributed by atoms with van der Waals surface area (Å²) in [6, 6.07) is 0.359. The van der Waals surface area contributed by atoms with Crippen LogP contribution in [0.2, 0.25) is 5.28 Å². The van der Waals surface area contributed by atoms with Crippen LogP contribution in [0.15, 0.2) is 6.20 Å². The van der Waals surface area contributed by atoms with E-state index in [1.807, 2.05) is 6.92 Å². The molecular formula is C15H21ClN4O. The average molecular weight is 309 g/mol. The molecule has 1 fully saturated rings. The molecule has 3 rings (SSSR count). The second-order valence-corrected chi connectivity index (χ2v) is 6.49. The highest BCUT2D eigenvalue weighted by molar-refractivity contribution is 6.28. The summed E-state index contributed by atoms with van der Waals surface area (Å²) in [5.74, 6) is 0.906. The van der Waals surface area contributed by atoms with Gasteiger partial charge in [0, 0.05) is 13.1 Å². The lowest BCUT2D eigenvalue weighted by Gasteiger charge is -2.50. The summed E-state index contributed by atoms with van der Waals surface area (Å²) in [5, 5.41) is 0.234. The summed E-state index contributed by atoms with van der Waals surface area (Å²) < 4.78 is 0. The molecule has 1 atom stereocenters. The van der Waals surface area contributed by atoms with Gasteiger partial charge in [-0.15, -0.1) is 0 Å². The first-order valence-corrected chi connectivity index (χ1v) is 7.97. The third-order valence-corrected chi connectivity index (χ3v) is 5.17. The van der Waals surface area contributed by atoms with Crippen LogP contribution < -0.4 is 9.80 Å². The monoisotopic (exact) mass is 308 g/mol. The molecule has 2 heterocycles. The van der Waals surface area contributed by atoms with Crippen molar-refractivity contribution < 1.29 is 4.79 Å². The predicted octanol–water partition coefficient (Wildman–Crippen LogP) is 3.02. The van der Waals surface area contributed by atoms with Crippen LogP contribution in [-0.2, 0) is 4.79 Å². The van der Waals surface area contributed by atoms with Gasteiger partial charge in [0.15, 0.2) is 5.82 Å². The van der Waals surface area contributed by atoms with Gasteiger partial charge in [0.05, 0.1) is 6.20 Å². The Bertz CT molecular complexity index is 573. The SMILES string of the molecule is CC[C@]1(C)C(=O)N(C)c2cnc(Cl)nc2N1C1CCCC1. The predicted molar refractivity (Wildman–Crippen MR) is 83.9 cm³/mol. The van der Waals surface area contributed by atoms with Gasteiger partial charge in [-0.1, -0.05) is 19.8 Å². The van der Waals surface area contributed by atoms with Crippen LogP contribution in [0.1, 0.15) is 46.0 Å². The standard InChI is InChI=1S/C15H21ClN4O/c1-4-15(2)13(21)19(3)11-9-17-14(16)18-12(11)20(15)10-7-5-6-8-10/h9-10H,4-8H2,1-3H3/t15-/m1/s1. The van der Waals surface area contributed by atoms with E-state index >= 15 is 0 Å². The minimum absolute atomic E-state index is 0.107. The number of carbonyl (C=O) groups excluding carboxylic acids is 1. The van der Waals surface area contributed by atoms with Crippen LogP contribution in [0.25, 0.3) is 0 Å². The van der Waals surface area contributed by atoms with Crippen molar-refractivity contribution in [2.75, 3.05) is 16.8 Å². The zero-order chi connectivity index (χ0) is 15.2. The quantitative estimate of drug-likeness (QED) is 0.788. The molecule has 0 radical (unpaired) electrons. The Morgan fingerprint density at radius 2 is 2.10 bits per heavy atom. The first kappa shape index (κ1) is 14.6. The number of anilines is 2. The van der Waals surface area contributed by atoms with Gasteiger partial charge in [0.2, 0.25) is 5.28 Å². The number of halogens is 1. The van der Waals surface area contributed by atoms with Gasteiger partial charge >= 0.3 is 0 Å². The number of nitrogens with zero attached hydrogens (tertiary/aromatic N) is 4. The van der Waals surface area contributed by atoms with Crippen molar-refractivity contribution in [1.82, 2.24) is 9.97 Å². The van der Waals surface area contributed by atoms with Crippen LogP contribution in [0.5, 0.6) is 0 Å². The molecule has 1 aromatic rings. The van der Waals surface area contributed by atoms with Crippen molar-refractivity contribution in [3.63, 3.8) is 0 Å². The molecule has 0 saturated heterocycles. The fraction of sp³-hybridized carbons (Fsp3) is 0.667. The maximum Gasteiger partial charge on any atom is 0.252 e. The molecule has 21 heavy (non-hydrogen) atoms. The molecule has 6 heteroatoms. The molecule has 1 aromatic heterocycles. The Hall–Kier alpha value is -1.36. The number of rotatable bonds is 2. The largest absolute Gasteiger partial charge is 0.337 e. The lowest BCUT2D eigenvalue weighted by molar-refractivity contribution is -0.123. The summed E-state index contributed by atoms with van der Waals surface area (Å²) in [6.07, 6.45) is 7.02. The highest BCUT2D eigenvalue weighted by atomic mass is 35.5. The van der Waals surface area contributed by atoms with Gasteiger partial charge < -0.3 is 9.80 Å². The third kappa shape index (κ3) is 2.09. The normalized spacial score (nSPS) is 26.4. The highest BCUT2D eigenvalue weighted by Crippen LogP contribution is 2.44. The Morgan fingerprint density at radius 3 is 2.71 bits per heavy atom. The van der Waals surface area contributed by atoms with E-state index in [-0.39, 0.29) is 11.2 Å². The van der Waals surface area contributed by atoms with E-state index in [1.165, 1.54) is 12.8 Å². The highest BCUT2D eigenvalue weighted by Gasteiger charge is 2.49. The summed E-state index contributed by atoms with van der Waals surface area (Å²) in [6.45, 7) is 4.07. The van der Waals surface area contributed by atoms with Crippen molar-refractivity contribution in [1.29, 1.82) is 0 Å². The fourth-order valence-corrected chi connectivity index (χ4v) is 3.76. The Balaban J connectivity index is 2.18. The fourth-order valence-electron chi connectivity index (χ4n) is 3.63. The molecule has 1 saturated carbocycles. The van der Waals surface area contributed by atoms with Crippen LogP contribution in [0.3, 0.4) is 0 Å². The van der Waals surface area contributed by atoms with Crippen molar-refractivity contribution in [2.24, 2.45) is 0 Å². The van der Waals surface area contributed by atoms with Gasteiger partial charge in [-0.25, -0.2) is 4.98 Å². The Kier molecular flexibility index (Phi) is 3.56. The topological polar surface area (TPSA) is 49.3 Å². The number of carbonyl (C=O) groups is 1. The maximum absolute atomic E-state index is 12.9. The van der Waals surface area contributed by atoms with Crippen molar-refractivity contribution >= 4 is 29.0 Å². The molecule has 0 spiro atoms. The number of likely N-dealkylation sites (N-methyl/N-ethyl adjacent to an activating group) is 1. The molecule has 2 aliphatic rings. The summed E-state index contributed by atoms with van der Waals surface area (Å²) in [4.78, 5) is 25.3. The van der Waals surface area contributed by atoms with Crippen LogP contribution >= 0.6 is 11.6 Å². The van der Waals surface area contributed by atoms with E-state index in [4.69, 9.17) is 11.6 Å². The number of hydrogen-bond donors (Lipinski definition) is 0. The molecule has 1 aliphatic carbocycles. The van der Waals surface area contributed by atoms with Gasteiger partial charge in [-0.05, 0) is 37.8 Å². The lowest BCUT2D eigenvalue weighted by Crippen LogP contribution is -2.63. The summed E-state index contributed by atoms with van der Waals surface area (Å²) in [7, 11) is 1.79. The van der Waals surface area contributed by atoms with E-state index in [0.29, 0.717) is 6.04 Å². The number of amides is 1. The van der Waals surface area contributed by atoms with E-state index in [2.05, 4.69) is 21.8 Å². The van der Waals surface area contributed by atoms with Gasteiger partial charge in [-0.2, -0.15) is 4.98 Å². The first-order chi connectivity index (χ1) is 9.99. The van der Waals surface area contributed by atoms with E-state index in [9.17, 15) is 4.79 Å². The Labute approximate surface area is 130 Å². The summed E-state index contributed by atoms with van der Waals surface area (Å²) in [5.41, 5.74) is 0.191. The second-order valence-electron chi connectivity index (χ2n) is 6.15. The first-order valence-electron chi connectivity index (χ1n) is 7.59. The third-order valence-electron chi connectivity index (χ3n) is 4.99. The van der Waals surface area contributed by atoms with Gasteiger partial charge in [0.25, 0.3) is 5.91 Å². The molecule has 0 aromatic carbocycles. The molecule has 1 amide bonds. The van der Waals surface area contributed by atoms with Gasteiger partial charge in [0.1, 0.15) is 11.2 Å². The molecule has 5 nitrogen and oxygen atoms in total. The zero-order valence-corrected chi connectivity index (χ0v) is 13.5. The lowest BCUT2D eigenvalue weighted by atomic mass is 9.89. The zero-order valence-electron chi connectivity index (χ0n) is 12.8. The smallest absolute Gasteiger partial charge is 0.252 e. The molecule has 0 N–H and O–H groups in total. The number of hydrogen-bond acceptors (Lipinski definition) is 4. The summed E-state index contributed by atoms with van der Waals surface area (Å²) >= 11 is 6.02. The molecule has 0 bridgehead atoms. The van der Waals surface area contributed by atoms with Gasteiger partial charge in [-0.3, -0.25) is 4.79 Å². The van der Waals surface area contributed by atoms with Crippen molar-refractivity contribution in [2.45, 2.75) is 57.5 Å². The van der Waals surface area contributed by atoms with E-state index < -0.39 is 5.54 Å². The Morgan fingerprint density at radius 1 is 1.43 bits per heavy atom. The molecular weight excluding hydrogens is 288 g/mol. The second kappa shape index (κ2) is 5.13. The average Bonchev–Trinajstić information content (AvgIpc) is 2.99. The number of fused-ring (bicyclic) bond motifs is 1. The van der Waals surface area contributed by atoms with Crippen molar-refractivity contribution in [3.05, 3.63) is 11.5 Å². The van der Waals surface area contributed by atoms with Crippen LogP contribution in [0.4, 0.5) is 11.5 Å². The van der Waals surface area contributed by atoms with E-state index in [1.54, 1.807) is 18.1 Å². The minimum atomic E-state index is -0.561. The maximum atomic E-state index is 12.9. The van der Waals surface area contributed by atoms with Crippen LogP contribution in [-0.4, -0.2) is 34.5 Å². The van der Waals surface area contributed by atoms with E-state index in [0.717, 1.165) is 30.8 Å². The molecule has 0 unspecified atom stereocenters.